The summed E-state index contributed by atoms with van der Waals surface area (Å²) in [6.07, 6.45) is 2.10. The van der Waals surface area contributed by atoms with E-state index in [9.17, 15) is 0 Å². The second-order valence-corrected chi connectivity index (χ2v) is 6.18. The lowest BCUT2D eigenvalue weighted by molar-refractivity contribution is 1.09. The molecule has 3 rings (SSSR count). The molecule has 0 amide bonds. The number of nitrogens with zero attached hydrogens (tertiary/aromatic N) is 2. The van der Waals surface area contributed by atoms with E-state index in [4.69, 9.17) is 0 Å². The predicted octanol–water partition coefficient (Wildman–Crippen LogP) is 4.73. The van der Waals surface area contributed by atoms with Crippen LogP contribution >= 0.6 is 11.8 Å². The van der Waals surface area contributed by atoms with E-state index < -0.39 is 0 Å². The third kappa shape index (κ3) is 2.22. The van der Waals surface area contributed by atoms with Gasteiger partial charge in [0.05, 0.1) is 5.69 Å². The standard InChI is InChI=1S/C17H18N2S/c1-4-20-16-8-6-5-7-15(16)14-9-10-17-18-12(2)11-19(17)13(14)3/h5-11H,4H2,1-3H3. The lowest BCUT2D eigenvalue weighted by atomic mass is 10.0. The van der Waals surface area contributed by atoms with Crippen LogP contribution in [0.15, 0.2) is 47.5 Å². The first-order valence-electron chi connectivity index (χ1n) is 6.88. The maximum atomic E-state index is 4.53. The van der Waals surface area contributed by atoms with Crippen molar-refractivity contribution in [1.29, 1.82) is 0 Å². The molecule has 3 aromatic rings. The highest BCUT2D eigenvalue weighted by atomic mass is 32.2. The molecule has 0 N–H and O–H groups in total. The van der Waals surface area contributed by atoms with Gasteiger partial charge in [-0.25, -0.2) is 4.98 Å². The molecule has 0 saturated carbocycles. The van der Waals surface area contributed by atoms with E-state index in [1.54, 1.807) is 0 Å². The first kappa shape index (κ1) is 13.3. The van der Waals surface area contributed by atoms with Crippen LogP contribution in [0.5, 0.6) is 0 Å². The molecule has 0 aliphatic heterocycles. The fourth-order valence-electron chi connectivity index (χ4n) is 2.57. The van der Waals surface area contributed by atoms with Crippen molar-refractivity contribution in [3.05, 3.63) is 54.0 Å². The normalized spacial score (nSPS) is 11.2. The van der Waals surface area contributed by atoms with Crippen LogP contribution in [0.1, 0.15) is 18.3 Å². The molecule has 0 saturated heterocycles. The van der Waals surface area contributed by atoms with Crippen LogP contribution in [0, 0.1) is 13.8 Å². The molecule has 0 aliphatic rings. The fourth-order valence-corrected chi connectivity index (χ4v) is 3.39. The lowest BCUT2D eigenvalue weighted by Gasteiger charge is -2.12. The lowest BCUT2D eigenvalue weighted by Crippen LogP contribution is -1.94. The van der Waals surface area contributed by atoms with Crippen molar-refractivity contribution in [3.8, 4) is 11.1 Å². The number of pyridine rings is 1. The largest absolute Gasteiger partial charge is 0.303 e. The number of rotatable bonds is 3. The Bertz CT molecular complexity index is 759. The maximum absolute atomic E-state index is 4.53. The number of hydrogen-bond donors (Lipinski definition) is 0. The van der Waals surface area contributed by atoms with Crippen molar-refractivity contribution in [2.24, 2.45) is 0 Å². The summed E-state index contributed by atoms with van der Waals surface area (Å²) in [6, 6.07) is 12.9. The van der Waals surface area contributed by atoms with Gasteiger partial charge < -0.3 is 4.40 Å². The molecule has 0 aliphatic carbocycles. The highest BCUT2D eigenvalue weighted by molar-refractivity contribution is 7.99. The van der Waals surface area contributed by atoms with Gasteiger partial charge in [0.2, 0.25) is 0 Å². The molecule has 1 aromatic carbocycles. The summed E-state index contributed by atoms with van der Waals surface area (Å²) in [7, 11) is 0. The van der Waals surface area contributed by atoms with Crippen molar-refractivity contribution in [2.75, 3.05) is 5.75 Å². The topological polar surface area (TPSA) is 17.3 Å². The van der Waals surface area contributed by atoms with Gasteiger partial charge in [-0.05, 0) is 43.4 Å². The SMILES string of the molecule is CCSc1ccccc1-c1ccc2nc(C)cn2c1C. The third-order valence-electron chi connectivity index (χ3n) is 3.48. The predicted molar refractivity (Wildman–Crippen MR) is 86.5 cm³/mol. The Morgan fingerprint density at radius 2 is 1.85 bits per heavy atom. The van der Waals surface area contributed by atoms with Crippen LogP contribution in [-0.2, 0) is 0 Å². The second kappa shape index (κ2) is 5.33. The Balaban J connectivity index is 2.22. The molecule has 0 fully saturated rings. The maximum Gasteiger partial charge on any atom is 0.137 e. The summed E-state index contributed by atoms with van der Waals surface area (Å²) in [5, 5.41) is 0. The number of benzene rings is 1. The van der Waals surface area contributed by atoms with Gasteiger partial charge in [-0.2, -0.15) is 0 Å². The van der Waals surface area contributed by atoms with Gasteiger partial charge in [-0.1, -0.05) is 25.1 Å². The zero-order valence-corrected chi connectivity index (χ0v) is 12.9. The summed E-state index contributed by atoms with van der Waals surface area (Å²) >= 11 is 1.89. The van der Waals surface area contributed by atoms with Gasteiger partial charge in [0.1, 0.15) is 5.65 Å². The van der Waals surface area contributed by atoms with Crippen molar-refractivity contribution in [2.45, 2.75) is 25.7 Å². The van der Waals surface area contributed by atoms with E-state index in [2.05, 4.69) is 65.8 Å². The first-order chi connectivity index (χ1) is 9.70. The van der Waals surface area contributed by atoms with Crippen LogP contribution < -0.4 is 0 Å². The zero-order valence-electron chi connectivity index (χ0n) is 12.1. The van der Waals surface area contributed by atoms with Crippen molar-refractivity contribution >= 4 is 17.4 Å². The molecule has 20 heavy (non-hydrogen) atoms. The molecule has 102 valence electrons. The highest BCUT2D eigenvalue weighted by Crippen LogP contribution is 2.33. The minimum atomic E-state index is 1.02. The van der Waals surface area contributed by atoms with E-state index in [0.717, 1.165) is 17.1 Å². The number of fused-ring (bicyclic) bond motifs is 1. The van der Waals surface area contributed by atoms with Crippen LogP contribution in [0.25, 0.3) is 16.8 Å². The molecule has 0 atom stereocenters. The molecule has 2 nitrogen and oxygen atoms in total. The summed E-state index contributed by atoms with van der Waals surface area (Å²) in [5.41, 5.74) is 5.91. The summed E-state index contributed by atoms with van der Waals surface area (Å²) < 4.78 is 2.18. The summed E-state index contributed by atoms with van der Waals surface area (Å²) in [5.74, 6) is 1.09. The van der Waals surface area contributed by atoms with E-state index in [0.29, 0.717) is 0 Å². The molecule has 2 heterocycles. The third-order valence-corrected chi connectivity index (χ3v) is 4.44. The van der Waals surface area contributed by atoms with Crippen molar-refractivity contribution < 1.29 is 0 Å². The van der Waals surface area contributed by atoms with Crippen molar-refractivity contribution in [3.63, 3.8) is 0 Å². The highest BCUT2D eigenvalue weighted by Gasteiger charge is 2.10. The van der Waals surface area contributed by atoms with E-state index >= 15 is 0 Å². The van der Waals surface area contributed by atoms with Gasteiger partial charge in [0, 0.05) is 22.3 Å². The van der Waals surface area contributed by atoms with Crippen LogP contribution in [0.3, 0.4) is 0 Å². The Labute approximate surface area is 123 Å². The molecule has 0 unspecified atom stereocenters. The smallest absolute Gasteiger partial charge is 0.137 e. The molecule has 3 heteroatoms. The van der Waals surface area contributed by atoms with Crippen molar-refractivity contribution in [1.82, 2.24) is 9.38 Å². The van der Waals surface area contributed by atoms with Crippen LogP contribution in [-0.4, -0.2) is 15.1 Å². The number of thioether (sulfide) groups is 1. The van der Waals surface area contributed by atoms with E-state index in [1.807, 2.05) is 18.7 Å². The minimum Gasteiger partial charge on any atom is -0.303 e. The molecule has 0 spiro atoms. The Morgan fingerprint density at radius 3 is 2.65 bits per heavy atom. The fraction of sp³-hybridized carbons (Fsp3) is 0.235. The summed E-state index contributed by atoms with van der Waals surface area (Å²) in [6.45, 7) is 6.39. The summed E-state index contributed by atoms with van der Waals surface area (Å²) in [4.78, 5) is 5.87. The monoisotopic (exact) mass is 282 g/mol. The molecule has 2 aromatic heterocycles. The zero-order chi connectivity index (χ0) is 14.1. The Morgan fingerprint density at radius 1 is 1.05 bits per heavy atom. The number of hydrogen-bond acceptors (Lipinski definition) is 2. The van der Waals surface area contributed by atoms with Gasteiger partial charge >= 0.3 is 0 Å². The van der Waals surface area contributed by atoms with Gasteiger partial charge in [-0.15, -0.1) is 11.8 Å². The number of imidazole rings is 1. The average Bonchev–Trinajstić information content (AvgIpc) is 2.82. The van der Waals surface area contributed by atoms with Crippen LogP contribution in [0.4, 0.5) is 0 Å². The minimum absolute atomic E-state index is 1.02. The van der Waals surface area contributed by atoms with Gasteiger partial charge in [0.15, 0.2) is 0 Å². The molecular weight excluding hydrogens is 264 g/mol. The Kier molecular flexibility index (Phi) is 3.53. The molecular formula is C17H18N2S. The van der Waals surface area contributed by atoms with Crippen LogP contribution in [0.2, 0.25) is 0 Å². The quantitative estimate of drug-likeness (QED) is 0.646. The second-order valence-electron chi connectivity index (χ2n) is 4.87. The number of aromatic nitrogens is 2. The molecule has 0 bridgehead atoms. The Hall–Kier alpha value is -1.74. The number of aryl methyl sites for hydroxylation is 2. The molecule has 0 radical (unpaired) electrons. The first-order valence-corrected chi connectivity index (χ1v) is 7.86. The van der Waals surface area contributed by atoms with E-state index in [1.165, 1.54) is 21.7 Å². The van der Waals surface area contributed by atoms with Gasteiger partial charge in [-0.3, -0.25) is 0 Å². The van der Waals surface area contributed by atoms with Gasteiger partial charge in [0.25, 0.3) is 0 Å². The van der Waals surface area contributed by atoms with E-state index in [-0.39, 0.29) is 0 Å². The average molecular weight is 282 g/mol.